The summed E-state index contributed by atoms with van der Waals surface area (Å²) >= 11 is 13.5. The number of nitrogens with one attached hydrogen (secondary N) is 2. The Morgan fingerprint density at radius 2 is 1.46 bits per heavy atom. The van der Waals surface area contributed by atoms with Crippen LogP contribution in [0.1, 0.15) is 30.9 Å². The van der Waals surface area contributed by atoms with Gasteiger partial charge in [-0.2, -0.15) is 0 Å². The van der Waals surface area contributed by atoms with E-state index in [0.717, 1.165) is 11.3 Å². The molecule has 0 spiro atoms. The molecule has 0 heterocycles. The minimum atomic E-state index is -0.971. The molecule has 37 heavy (non-hydrogen) atoms. The lowest BCUT2D eigenvalue weighted by Crippen LogP contribution is -2.35. The van der Waals surface area contributed by atoms with Crippen LogP contribution in [0.25, 0.3) is 0 Å². The van der Waals surface area contributed by atoms with Gasteiger partial charge in [0.05, 0.1) is 31.5 Å². The Morgan fingerprint density at radius 3 is 1.97 bits per heavy atom. The number of ether oxygens (including phenoxy) is 1. The number of aromatic hydroxyl groups is 1. The van der Waals surface area contributed by atoms with Crippen molar-refractivity contribution < 1.29 is 19.4 Å². The number of hydrogen-bond donors (Lipinski definition) is 3. The Bertz CT molecular complexity index is 1250. The molecule has 10 heteroatoms. The van der Waals surface area contributed by atoms with Gasteiger partial charge in [-0.25, -0.2) is 0 Å². The molecule has 3 rings (SSSR count). The van der Waals surface area contributed by atoms with Gasteiger partial charge >= 0.3 is 0 Å². The first kappa shape index (κ1) is 29.7. The molecule has 1 atom stereocenters. The number of carbonyl (C=O) groups excluding carboxylic acids is 2. The van der Waals surface area contributed by atoms with Crippen LogP contribution in [-0.4, -0.2) is 30.5 Å². The minimum Gasteiger partial charge on any atom is -0.506 e. The number of ketones is 1. The van der Waals surface area contributed by atoms with Crippen LogP contribution in [-0.2, 0) is 16.0 Å². The van der Waals surface area contributed by atoms with Crippen molar-refractivity contribution in [1.82, 2.24) is 0 Å². The zero-order valence-corrected chi connectivity index (χ0v) is 26.7. The molecule has 0 saturated heterocycles. The van der Waals surface area contributed by atoms with Gasteiger partial charge in [0.15, 0.2) is 5.78 Å². The fraction of sp³-hybridized carbons (Fsp3) is 0.259. The highest BCUT2D eigenvalue weighted by Crippen LogP contribution is 2.37. The van der Waals surface area contributed by atoms with Gasteiger partial charge in [-0.3, -0.25) is 9.59 Å². The maximum absolute atomic E-state index is 13.4. The second-order valence-corrected chi connectivity index (χ2v) is 12.1. The topological polar surface area (TPSA) is 87.7 Å². The number of phenols is 1. The molecule has 3 aromatic rings. The third-order valence-electron chi connectivity index (χ3n) is 5.74. The second kappa shape index (κ2) is 13.3. The highest BCUT2D eigenvalue weighted by atomic mass is 79.9. The normalized spacial score (nSPS) is 11.8. The maximum Gasteiger partial charge on any atom is 0.235 e. The van der Waals surface area contributed by atoms with Crippen LogP contribution in [0.3, 0.4) is 0 Å². The van der Waals surface area contributed by atoms with Gasteiger partial charge < -0.3 is 20.5 Å². The summed E-state index contributed by atoms with van der Waals surface area (Å²) in [6.07, 6.45) is 0.181. The molecule has 196 valence electrons. The van der Waals surface area contributed by atoms with Gasteiger partial charge in [0, 0.05) is 11.4 Å². The van der Waals surface area contributed by atoms with E-state index >= 15 is 0 Å². The molecule has 0 aliphatic carbocycles. The largest absolute Gasteiger partial charge is 0.506 e. The summed E-state index contributed by atoms with van der Waals surface area (Å²) in [5.74, 6) is -0.625. The summed E-state index contributed by atoms with van der Waals surface area (Å²) in [6.45, 7) is 4.23. The number of halogens is 4. The smallest absolute Gasteiger partial charge is 0.235 e. The standard InChI is InChI=1S/C27H26Br4N2O4/c1-14(2)16-4-6-17(7-5-16)32-13-24(34)19(8-15-9-22(30)26(37-3)23(31)10-15)27(36)33-18-11-20(28)25(35)21(29)12-18/h4-7,9-12,14,19,32,35H,8,13H2,1-3H3,(H,33,36). The molecule has 0 aliphatic rings. The van der Waals surface area contributed by atoms with Crippen molar-refractivity contribution in [2.75, 3.05) is 24.3 Å². The van der Waals surface area contributed by atoms with Crippen molar-refractivity contribution in [3.05, 3.63) is 77.5 Å². The molecule has 3 N–H and O–H groups in total. The van der Waals surface area contributed by atoms with E-state index in [4.69, 9.17) is 4.74 Å². The molecule has 3 aromatic carbocycles. The number of hydrogen-bond acceptors (Lipinski definition) is 5. The number of anilines is 2. The third-order valence-corrected chi connectivity index (χ3v) is 8.12. The van der Waals surface area contributed by atoms with Crippen molar-refractivity contribution in [3.8, 4) is 11.5 Å². The summed E-state index contributed by atoms with van der Waals surface area (Å²) in [5.41, 5.74) is 3.23. The van der Waals surface area contributed by atoms with E-state index in [1.165, 1.54) is 5.56 Å². The van der Waals surface area contributed by atoms with Crippen LogP contribution < -0.4 is 15.4 Å². The van der Waals surface area contributed by atoms with Crippen molar-refractivity contribution in [2.45, 2.75) is 26.2 Å². The van der Waals surface area contributed by atoms with Crippen LogP contribution in [0.2, 0.25) is 0 Å². The molecular weight excluding hydrogens is 736 g/mol. The van der Waals surface area contributed by atoms with Gasteiger partial charge in [0.1, 0.15) is 17.4 Å². The minimum absolute atomic E-state index is 0.0133. The first-order valence-corrected chi connectivity index (χ1v) is 14.5. The summed E-state index contributed by atoms with van der Waals surface area (Å²) < 4.78 is 7.61. The molecule has 0 bridgehead atoms. The van der Waals surface area contributed by atoms with Crippen LogP contribution in [0.4, 0.5) is 11.4 Å². The van der Waals surface area contributed by atoms with Crippen LogP contribution >= 0.6 is 63.7 Å². The second-order valence-electron chi connectivity index (χ2n) is 8.72. The van der Waals surface area contributed by atoms with Gasteiger partial charge in [-0.1, -0.05) is 26.0 Å². The fourth-order valence-electron chi connectivity index (χ4n) is 3.68. The summed E-state index contributed by atoms with van der Waals surface area (Å²) in [5, 5.41) is 16.0. The van der Waals surface area contributed by atoms with Gasteiger partial charge in [-0.15, -0.1) is 0 Å². The lowest BCUT2D eigenvalue weighted by molar-refractivity contribution is -0.130. The Labute approximate surface area is 250 Å². The first-order valence-electron chi connectivity index (χ1n) is 11.4. The summed E-state index contributed by atoms with van der Waals surface area (Å²) in [4.78, 5) is 26.8. The monoisotopic (exact) mass is 758 g/mol. The van der Waals surface area contributed by atoms with Crippen LogP contribution in [0.15, 0.2) is 66.4 Å². The van der Waals surface area contributed by atoms with Crippen molar-refractivity contribution in [3.63, 3.8) is 0 Å². The number of phenolic OH excluding ortho intramolecular Hbond substituents is 1. The zero-order valence-electron chi connectivity index (χ0n) is 20.4. The SMILES string of the molecule is COc1c(Br)cc(CC(C(=O)CNc2ccc(C(C)C)cc2)C(=O)Nc2cc(Br)c(O)c(Br)c2)cc1Br. The molecular formula is C27H26Br4N2O4. The molecule has 0 saturated carbocycles. The molecule has 0 radical (unpaired) electrons. The van der Waals surface area contributed by atoms with E-state index in [0.29, 0.717) is 35.2 Å². The van der Waals surface area contributed by atoms with E-state index < -0.39 is 11.8 Å². The first-order chi connectivity index (χ1) is 17.5. The average Bonchev–Trinajstić information content (AvgIpc) is 2.84. The molecule has 0 aliphatic heterocycles. The van der Waals surface area contributed by atoms with Crippen LogP contribution in [0, 0.1) is 5.92 Å². The van der Waals surface area contributed by atoms with E-state index in [9.17, 15) is 14.7 Å². The summed E-state index contributed by atoms with van der Waals surface area (Å²) in [7, 11) is 1.57. The predicted molar refractivity (Wildman–Crippen MR) is 162 cm³/mol. The number of amides is 1. The average molecular weight is 762 g/mol. The van der Waals surface area contributed by atoms with Crippen molar-refractivity contribution >= 4 is 86.8 Å². The van der Waals surface area contributed by atoms with Gasteiger partial charge in [0.2, 0.25) is 5.91 Å². The molecule has 1 unspecified atom stereocenters. The quantitative estimate of drug-likeness (QED) is 0.144. The maximum atomic E-state index is 13.4. The number of rotatable bonds is 10. The third kappa shape index (κ3) is 7.81. The lowest BCUT2D eigenvalue weighted by atomic mass is 9.93. The van der Waals surface area contributed by atoms with Crippen molar-refractivity contribution in [1.29, 1.82) is 0 Å². The lowest BCUT2D eigenvalue weighted by Gasteiger charge is -2.18. The Morgan fingerprint density at radius 1 is 0.892 bits per heavy atom. The van der Waals surface area contributed by atoms with Crippen molar-refractivity contribution in [2.24, 2.45) is 5.92 Å². The van der Waals surface area contributed by atoms with E-state index in [1.807, 2.05) is 36.4 Å². The number of Topliss-reactive ketones (excluding diaryl/α,β-unsaturated/α-hetero) is 1. The number of carbonyl (C=O) groups is 2. The number of benzene rings is 3. The molecule has 0 fully saturated rings. The Hall–Kier alpha value is -1.88. The fourth-order valence-corrected chi connectivity index (χ4v) is 6.47. The Kier molecular flexibility index (Phi) is 10.6. The predicted octanol–water partition coefficient (Wildman–Crippen LogP) is 8.05. The molecule has 0 aromatic heterocycles. The zero-order chi connectivity index (χ0) is 27.3. The highest BCUT2D eigenvalue weighted by Gasteiger charge is 2.28. The summed E-state index contributed by atoms with van der Waals surface area (Å²) in [6, 6.07) is 14.7. The molecule has 6 nitrogen and oxygen atoms in total. The molecule has 1 amide bonds. The van der Waals surface area contributed by atoms with E-state index in [1.54, 1.807) is 19.2 Å². The van der Waals surface area contributed by atoms with E-state index in [-0.39, 0.29) is 24.5 Å². The highest BCUT2D eigenvalue weighted by molar-refractivity contribution is 9.11. The number of methoxy groups -OCH3 is 1. The van der Waals surface area contributed by atoms with E-state index in [2.05, 4.69) is 88.2 Å². The van der Waals surface area contributed by atoms with Gasteiger partial charge in [0.25, 0.3) is 0 Å². The van der Waals surface area contributed by atoms with Gasteiger partial charge in [-0.05, 0) is 124 Å². The van der Waals surface area contributed by atoms with Crippen LogP contribution in [0.5, 0.6) is 11.5 Å². The Balaban J connectivity index is 1.84.